The molecule has 2 rings (SSSR count). The Hall–Kier alpha value is -2.30. The smallest absolute Gasteiger partial charge is 0.337 e. The summed E-state index contributed by atoms with van der Waals surface area (Å²) in [6, 6.07) is 5.24. The minimum Gasteiger partial charge on any atom is -0.478 e. The number of carbonyl (C=O) groups is 1. The second kappa shape index (κ2) is 4.91. The van der Waals surface area contributed by atoms with E-state index in [2.05, 4.69) is 4.98 Å². The Kier molecular flexibility index (Phi) is 3.32. The molecule has 0 aromatic carbocycles. The van der Waals surface area contributed by atoms with E-state index in [1.54, 1.807) is 18.1 Å². The predicted octanol–water partition coefficient (Wildman–Crippen LogP) is 2.32. The first-order valence-corrected chi connectivity index (χ1v) is 5.51. The van der Waals surface area contributed by atoms with Crippen LogP contribution in [-0.4, -0.2) is 23.1 Å². The molecule has 94 valence electrons. The minimum atomic E-state index is -0.963. The maximum absolute atomic E-state index is 11.1. The van der Waals surface area contributed by atoms with Crippen LogP contribution in [0.3, 0.4) is 0 Å². The van der Waals surface area contributed by atoms with Crippen molar-refractivity contribution in [3.63, 3.8) is 0 Å². The van der Waals surface area contributed by atoms with Crippen molar-refractivity contribution in [2.24, 2.45) is 0 Å². The van der Waals surface area contributed by atoms with E-state index in [-0.39, 0.29) is 5.56 Å². The average Bonchev–Trinajstić information content (AvgIpc) is 2.74. The number of furan rings is 1. The van der Waals surface area contributed by atoms with Gasteiger partial charge in [0.1, 0.15) is 11.5 Å². The first kappa shape index (κ1) is 12.2. The third-order valence-electron chi connectivity index (χ3n) is 2.63. The van der Waals surface area contributed by atoms with Crippen LogP contribution in [0.25, 0.3) is 0 Å². The maximum atomic E-state index is 11.1. The van der Waals surface area contributed by atoms with Crippen molar-refractivity contribution in [1.29, 1.82) is 0 Å². The monoisotopic (exact) mass is 246 g/mol. The largest absolute Gasteiger partial charge is 0.478 e. The molecular formula is C13H14N2O3. The molecule has 0 aliphatic carbocycles. The zero-order chi connectivity index (χ0) is 13.1. The highest BCUT2D eigenvalue weighted by Crippen LogP contribution is 2.20. The van der Waals surface area contributed by atoms with E-state index >= 15 is 0 Å². The summed E-state index contributed by atoms with van der Waals surface area (Å²) in [5, 5.41) is 9.11. The lowest BCUT2D eigenvalue weighted by Gasteiger charge is -2.19. The number of rotatable bonds is 4. The second-order valence-electron chi connectivity index (χ2n) is 4.07. The van der Waals surface area contributed by atoms with E-state index < -0.39 is 5.97 Å². The second-order valence-corrected chi connectivity index (χ2v) is 4.07. The molecule has 0 radical (unpaired) electrons. The number of aromatic carboxylic acids is 1. The quantitative estimate of drug-likeness (QED) is 0.896. The summed E-state index contributed by atoms with van der Waals surface area (Å²) in [6.45, 7) is 2.37. The van der Waals surface area contributed by atoms with Crippen molar-refractivity contribution in [3.05, 3.63) is 47.7 Å². The van der Waals surface area contributed by atoms with Crippen LogP contribution in [0.15, 0.2) is 35.0 Å². The van der Waals surface area contributed by atoms with Gasteiger partial charge in [-0.2, -0.15) is 0 Å². The van der Waals surface area contributed by atoms with Gasteiger partial charge in [0.15, 0.2) is 0 Å². The lowest BCUT2D eigenvalue weighted by atomic mass is 10.2. The van der Waals surface area contributed by atoms with Gasteiger partial charge < -0.3 is 14.4 Å². The third-order valence-corrected chi connectivity index (χ3v) is 2.63. The van der Waals surface area contributed by atoms with E-state index in [1.807, 2.05) is 19.1 Å². The van der Waals surface area contributed by atoms with Gasteiger partial charge in [-0.25, -0.2) is 4.79 Å². The molecule has 0 aliphatic rings. The van der Waals surface area contributed by atoms with Crippen molar-refractivity contribution in [2.45, 2.75) is 13.5 Å². The number of anilines is 1. The summed E-state index contributed by atoms with van der Waals surface area (Å²) >= 11 is 0. The van der Waals surface area contributed by atoms with Gasteiger partial charge >= 0.3 is 5.97 Å². The van der Waals surface area contributed by atoms with E-state index in [9.17, 15) is 4.79 Å². The van der Waals surface area contributed by atoms with Gasteiger partial charge in [0.05, 0.1) is 24.0 Å². The highest BCUT2D eigenvalue weighted by molar-refractivity contribution is 5.94. The summed E-state index contributed by atoms with van der Waals surface area (Å²) < 4.78 is 5.47. The lowest BCUT2D eigenvalue weighted by Crippen LogP contribution is -2.19. The van der Waals surface area contributed by atoms with Gasteiger partial charge in [0.2, 0.25) is 0 Å². The number of hydrogen-bond acceptors (Lipinski definition) is 4. The molecule has 2 aromatic heterocycles. The summed E-state index contributed by atoms with van der Waals surface area (Å²) in [7, 11) is 1.81. The first-order valence-electron chi connectivity index (χ1n) is 5.51. The highest BCUT2D eigenvalue weighted by atomic mass is 16.4. The molecule has 0 spiro atoms. The number of carboxylic acids is 1. The average molecular weight is 246 g/mol. The first-order chi connectivity index (χ1) is 8.58. The number of aryl methyl sites for hydroxylation is 1. The van der Waals surface area contributed by atoms with Gasteiger partial charge in [-0.15, -0.1) is 0 Å². The lowest BCUT2D eigenvalue weighted by molar-refractivity contribution is 0.0697. The van der Waals surface area contributed by atoms with Gasteiger partial charge in [-0.1, -0.05) is 0 Å². The molecule has 1 N–H and O–H groups in total. The summed E-state index contributed by atoms with van der Waals surface area (Å²) in [5.74, 6) is 0.660. The van der Waals surface area contributed by atoms with Gasteiger partial charge in [-0.05, 0) is 25.1 Å². The Bertz CT molecular complexity index is 563. The number of carboxylic acid groups (broad SMARTS) is 1. The van der Waals surface area contributed by atoms with Crippen LogP contribution in [0, 0.1) is 6.92 Å². The van der Waals surface area contributed by atoms with Crippen LogP contribution in [0.2, 0.25) is 0 Å². The SMILES string of the molecule is Cc1ccc(CN(C)c2cnccc2C(=O)O)o1. The molecule has 2 heterocycles. The fourth-order valence-electron chi connectivity index (χ4n) is 1.76. The van der Waals surface area contributed by atoms with Crippen LogP contribution >= 0.6 is 0 Å². The fourth-order valence-corrected chi connectivity index (χ4v) is 1.76. The Morgan fingerprint density at radius 2 is 2.22 bits per heavy atom. The van der Waals surface area contributed by atoms with Gasteiger partial charge in [0.25, 0.3) is 0 Å². The van der Waals surface area contributed by atoms with Crippen molar-refractivity contribution >= 4 is 11.7 Å². The van der Waals surface area contributed by atoms with Crippen LogP contribution in [0.5, 0.6) is 0 Å². The zero-order valence-corrected chi connectivity index (χ0v) is 10.3. The van der Waals surface area contributed by atoms with E-state index in [0.717, 1.165) is 11.5 Å². The van der Waals surface area contributed by atoms with Crippen molar-refractivity contribution in [2.75, 3.05) is 11.9 Å². The van der Waals surface area contributed by atoms with E-state index in [4.69, 9.17) is 9.52 Å². The third kappa shape index (κ3) is 2.51. The summed E-state index contributed by atoms with van der Waals surface area (Å²) in [5.41, 5.74) is 0.801. The van der Waals surface area contributed by atoms with Crippen LogP contribution < -0.4 is 4.90 Å². The van der Waals surface area contributed by atoms with E-state index in [0.29, 0.717) is 12.2 Å². The topological polar surface area (TPSA) is 66.6 Å². The maximum Gasteiger partial charge on any atom is 0.337 e. The number of nitrogens with zero attached hydrogens (tertiary/aromatic N) is 2. The number of aromatic nitrogens is 1. The zero-order valence-electron chi connectivity index (χ0n) is 10.3. The molecule has 0 atom stereocenters. The molecule has 5 heteroatoms. The van der Waals surface area contributed by atoms with Crippen molar-refractivity contribution in [1.82, 2.24) is 4.98 Å². The Labute approximate surface area is 105 Å². The molecule has 18 heavy (non-hydrogen) atoms. The molecule has 0 saturated heterocycles. The Morgan fingerprint density at radius 3 is 2.83 bits per heavy atom. The molecule has 5 nitrogen and oxygen atoms in total. The standard InChI is InChI=1S/C13H14N2O3/c1-9-3-4-10(18-9)8-15(2)12-7-14-6-5-11(12)13(16)17/h3-7H,8H2,1-2H3,(H,16,17). The molecule has 2 aromatic rings. The van der Waals surface area contributed by atoms with Crippen LogP contribution in [0.4, 0.5) is 5.69 Å². The van der Waals surface area contributed by atoms with Crippen molar-refractivity contribution < 1.29 is 14.3 Å². The van der Waals surface area contributed by atoms with Gasteiger partial charge in [0, 0.05) is 13.2 Å². The molecule has 0 aliphatic heterocycles. The summed E-state index contributed by atoms with van der Waals surface area (Å²) in [6.07, 6.45) is 3.01. The molecule has 0 bridgehead atoms. The number of pyridine rings is 1. The molecule has 0 fully saturated rings. The number of hydrogen-bond donors (Lipinski definition) is 1. The fraction of sp³-hybridized carbons (Fsp3) is 0.231. The van der Waals surface area contributed by atoms with Crippen LogP contribution in [-0.2, 0) is 6.54 Å². The normalized spacial score (nSPS) is 10.3. The molecule has 0 saturated carbocycles. The highest BCUT2D eigenvalue weighted by Gasteiger charge is 2.14. The Morgan fingerprint density at radius 1 is 1.44 bits per heavy atom. The summed E-state index contributed by atoms with van der Waals surface area (Å²) in [4.78, 5) is 16.9. The predicted molar refractivity (Wildman–Crippen MR) is 66.7 cm³/mol. The minimum absolute atomic E-state index is 0.232. The van der Waals surface area contributed by atoms with Gasteiger partial charge in [-0.3, -0.25) is 4.98 Å². The molecule has 0 unspecified atom stereocenters. The Balaban J connectivity index is 2.23. The van der Waals surface area contributed by atoms with Crippen molar-refractivity contribution in [3.8, 4) is 0 Å². The van der Waals surface area contributed by atoms with E-state index in [1.165, 1.54) is 12.3 Å². The van der Waals surface area contributed by atoms with Crippen LogP contribution in [0.1, 0.15) is 21.9 Å². The molecule has 0 amide bonds. The molecular weight excluding hydrogens is 232 g/mol.